The number of anilines is 2. The molecule has 5 nitrogen and oxygen atoms in total. The predicted molar refractivity (Wildman–Crippen MR) is 68.1 cm³/mol. The van der Waals surface area contributed by atoms with Crippen LogP contribution >= 0.6 is 0 Å². The van der Waals surface area contributed by atoms with Gasteiger partial charge in [0, 0.05) is 12.4 Å². The van der Waals surface area contributed by atoms with Gasteiger partial charge in [0.25, 0.3) is 6.43 Å². The minimum atomic E-state index is -2.69. The lowest BCUT2D eigenvalue weighted by atomic mass is 10.2. The molecule has 0 unspecified atom stereocenters. The Balaban J connectivity index is 2.20. The normalized spacial score (nSPS) is 10.4. The Hall–Kier alpha value is -2.57. The van der Waals surface area contributed by atoms with Gasteiger partial charge in [-0.05, 0) is 24.3 Å². The maximum atomic E-state index is 12.8. The predicted octanol–water partition coefficient (Wildman–Crippen LogP) is 2.94. The van der Waals surface area contributed by atoms with Crippen molar-refractivity contribution in [3.63, 3.8) is 0 Å². The van der Waals surface area contributed by atoms with E-state index in [1.807, 2.05) is 0 Å². The van der Waals surface area contributed by atoms with E-state index in [4.69, 9.17) is 0 Å². The molecular weight excluding hydrogens is 268 g/mol. The highest BCUT2D eigenvalue weighted by atomic mass is 19.3. The van der Waals surface area contributed by atoms with Crippen molar-refractivity contribution < 1.29 is 18.3 Å². The molecule has 0 radical (unpaired) electrons. The first-order valence-electron chi connectivity index (χ1n) is 5.66. The fourth-order valence-corrected chi connectivity index (χ4v) is 1.54. The van der Waals surface area contributed by atoms with E-state index in [0.29, 0.717) is 5.82 Å². The third-order valence-electron chi connectivity index (χ3n) is 2.49. The fraction of sp³-hybridized carbons (Fsp3) is 0.154. The standard InChI is InChI=1S/C13H11F2N3O2/c1-20-13(19)8-4-5-10(17-7-8)18-9-3-2-6-16-11(9)12(14)15/h2-7,12H,1H3,(H,17,18). The lowest BCUT2D eigenvalue weighted by molar-refractivity contribution is 0.0600. The van der Waals surface area contributed by atoms with E-state index >= 15 is 0 Å². The molecule has 0 amide bonds. The monoisotopic (exact) mass is 279 g/mol. The van der Waals surface area contributed by atoms with Crippen LogP contribution in [0.15, 0.2) is 36.7 Å². The summed E-state index contributed by atoms with van der Waals surface area (Å²) in [4.78, 5) is 18.8. The van der Waals surface area contributed by atoms with Crippen molar-refractivity contribution >= 4 is 17.5 Å². The zero-order chi connectivity index (χ0) is 14.5. The Morgan fingerprint density at radius 3 is 2.70 bits per heavy atom. The van der Waals surface area contributed by atoms with Crippen molar-refractivity contribution in [2.45, 2.75) is 6.43 Å². The quantitative estimate of drug-likeness (QED) is 0.872. The van der Waals surface area contributed by atoms with Crippen LogP contribution in [0.5, 0.6) is 0 Å². The van der Waals surface area contributed by atoms with E-state index in [2.05, 4.69) is 20.0 Å². The summed E-state index contributed by atoms with van der Waals surface area (Å²) in [7, 11) is 1.26. The highest BCUT2D eigenvalue weighted by Gasteiger charge is 2.14. The maximum absolute atomic E-state index is 12.8. The largest absolute Gasteiger partial charge is 0.465 e. The van der Waals surface area contributed by atoms with Crippen molar-refractivity contribution in [2.24, 2.45) is 0 Å². The van der Waals surface area contributed by atoms with Crippen molar-refractivity contribution in [2.75, 3.05) is 12.4 Å². The number of nitrogens with one attached hydrogen (secondary N) is 1. The smallest absolute Gasteiger partial charge is 0.339 e. The second kappa shape index (κ2) is 6.05. The van der Waals surface area contributed by atoms with Gasteiger partial charge in [0.15, 0.2) is 0 Å². The van der Waals surface area contributed by atoms with Gasteiger partial charge in [-0.3, -0.25) is 4.98 Å². The van der Waals surface area contributed by atoms with Crippen LogP contribution in [0, 0.1) is 0 Å². The molecule has 20 heavy (non-hydrogen) atoms. The summed E-state index contributed by atoms with van der Waals surface area (Å²) in [6.45, 7) is 0. The highest BCUT2D eigenvalue weighted by Crippen LogP contribution is 2.26. The molecule has 0 aliphatic heterocycles. The van der Waals surface area contributed by atoms with Gasteiger partial charge in [-0.25, -0.2) is 18.6 Å². The summed E-state index contributed by atoms with van der Waals surface area (Å²) in [6, 6.07) is 6.00. The van der Waals surface area contributed by atoms with Crippen LogP contribution in [-0.4, -0.2) is 23.0 Å². The first-order valence-corrected chi connectivity index (χ1v) is 5.66. The van der Waals surface area contributed by atoms with E-state index < -0.39 is 12.4 Å². The molecule has 1 N–H and O–H groups in total. The lowest BCUT2D eigenvalue weighted by Crippen LogP contribution is -2.04. The molecule has 0 fully saturated rings. The SMILES string of the molecule is COC(=O)c1ccc(Nc2cccnc2C(F)F)nc1. The number of carbonyl (C=O) groups excluding carboxylic acids is 1. The summed E-state index contributed by atoms with van der Waals surface area (Å²) < 4.78 is 30.1. The molecule has 0 aromatic carbocycles. The molecule has 2 aromatic rings. The fourth-order valence-electron chi connectivity index (χ4n) is 1.54. The first-order chi connectivity index (χ1) is 9.61. The molecule has 0 aliphatic carbocycles. The molecule has 0 saturated heterocycles. The van der Waals surface area contributed by atoms with E-state index in [-0.39, 0.29) is 16.9 Å². The van der Waals surface area contributed by atoms with Crippen LogP contribution in [-0.2, 0) is 4.74 Å². The number of esters is 1. The number of hydrogen-bond donors (Lipinski definition) is 1. The molecule has 2 heterocycles. The van der Waals surface area contributed by atoms with Gasteiger partial charge in [-0.2, -0.15) is 0 Å². The topological polar surface area (TPSA) is 64.1 Å². The van der Waals surface area contributed by atoms with Gasteiger partial charge in [0.05, 0.1) is 18.4 Å². The summed E-state index contributed by atoms with van der Waals surface area (Å²) in [5.41, 5.74) is 0.0884. The zero-order valence-corrected chi connectivity index (χ0v) is 10.5. The van der Waals surface area contributed by atoms with Crippen LogP contribution in [0.3, 0.4) is 0 Å². The van der Waals surface area contributed by atoms with Crippen molar-refractivity contribution in [1.29, 1.82) is 0 Å². The molecule has 2 aromatic heterocycles. The van der Waals surface area contributed by atoms with Crippen molar-refractivity contribution in [3.05, 3.63) is 47.9 Å². The van der Waals surface area contributed by atoms with E-state index in [1.54, 1.807) is 0 Å². The van der Waals surface area contributed by atoms with Gasteiger partial charge >= 0.3 is 5.97 Å². The molecule has 7 heteroatoms. The summed E-state index contributed by atoms with van der Waals surface area (Å²) in [5.74, 6) is -0.189. The van der Waals surface area contributed by atoms with Crippen molar-refractivity contribution in [3.8, 4) is 0 Å². The molecule has 0 atom stereocenters. The number of alkyl halides is 2. The van der Waals surface area contributed by atoms with Gasteiger partial charge in [-0.1, -0.05) is 0 Å². The van der Waals surface area contributed by atoms with Crippen LogP contribution in [0.4, 0.5) is 20.3 Å². The third-order valence-corrected chi connectivity index (χ3v) is 2.49. The number of nitrogens with zero attached hydrogens (tertiary/aromatic N) is 2. The molecular formula is C13H11F2N3O2. The number of aromatic nitrogens is 2. The van der Waals surface area contributed by atoms with Gasteiger partial charge in [0.1, 0.15) is 11.5 Å². The van der Waals surface area contributed by atoms with E-state index in [1.165, 1.54) is 43.8 Å². The molecule has 0 bridgehead atoms. The van der Waals surface area contributed by atoms with Gasteiger partial charge < -0.3 is 10.1 Å². The Bertz CT molecular complexity index is 603. The third kappa shape index (κ3) is 3.05. The average Bonchev–Trinajstić information content (AvgIpc) is 2.47. The minimum absolute atomic E-state index is 0.167. The minimum Gasteiger partial charge on any atom is -0.465 e. The second-order valence-electron chi connectivity index (χ2n) is 3.79. The Morgan fingerprint density at radius 1 is 1.30 bits per heavy atom. The summed E-state index contributed by atoms with van der Waals surface area (Å²) in [6.07, 6.45) is -0.0967. The van der Waals surface area contributed by atoms with Gasteiger partial charge in [0.2, 0.25) is 0 Å². The van der Waals surface area contributed by atoms with E-state index in [9.17, 15) is 13.6 Å². The Labute approximate surface area is 113 Å². The van der Waals surface area contributed by atoms with Crippen LogP contribution in [0.25, 0.3) is 0 Å². The molecule has 2 rings (SSSR count). The number of ether oxygens (including phenoxy) is 1. The number of methoxy groups -OCH3 is 1. The molecule has 104 valence electrons. The van der Waals surface area contributed by atoms with Gasteiger partial charge in [-0.15, -0.1) is 0 Å². The molecule has 0 spiro atoms. The second-order valence-corrected chi connectivity index (χ2v) is 3.79. The number of halogens is 2. The highest BCUT2D eigenvalue weighted by molar-refractivity contribution is 5.89. The number of pyridine rings is 2. The average molecular weight is 279 g/mol. The zero-order valence-electron chi connectivity index (χ0n) is 10.5. The Morgan fingerprint density at radius 2 is 2.10 bits per heavy atom. The van der Waals surface area contributed by atoms with Crippen molar-refractivity contribution in [1.82, 2.24) is 9.97 Å². The molecule has 0 aliphatic rings. The van der Waals surface area contributed by atoms with Crippen LogP contribution in [0.1, 0.15) is 22.5 Å². The first kappa shape index (κ1) is 13.9. The number of carbonyl (C=O) groups is 1. The summed E-state index contributed by atoms with van der Waals surface area (Å²) in [5, 5.41) is 2.73. The van der Waals surface area contributed by atoms with Crippen LogP contribution in [0.2, 0.25) is 0 Å². The maximum Gasteiger partial charge on any atom is 0.339 e. The molecule has 0 saturated carbocycles. The Kier molecular flexibility index (Phi) is 4.19. The summed E-state index contributed by atoms with van der Waals surface area (Å²) >= 11 is 0. The number of rotatable bonds is 4. The van der Waals surface area contributed by atoms with Crippen LogP contribution < -0.4 is 5.32 Å². The lowest BCUT2D eigenvalue weighted by Gasteiger charge is -2.09. The van der Waals surface area contributed by atoms with E-state index in [0.717, 1.165) is 0 Å². The number of hydrogen-bond acceptors (Lipinski definition) is 5.